The molecule has 3 amide bonds. The maximum atomic E-state index is 13.6. The predicted molar refractivity (Wildman–Crippen MR) is 101 cm³/mol. The van der Waals surface area contributed by atoms with Gasteiger partial charge in [0.05, 0.1) is 14.9 Å². The van der Waals surface area contributed by atoms with Crippen LogP contribution in [0.2, 0.25) is 10.0 Å². The molecule has 1 N–H and O–H groups in total. The van der Waals surface area contributed by atoms with Crippen LogP contribution in [0, 0.1) is 11.6 Å². The number of alkyl halides is 4. The molecule has 0 radical (unpaired) electrons. The SMILES string of the molecule is CN(C(=O)NC(=O)c1c(F)cccc1F)c1cc(Cl)c(SC(F)(F)C(F)F)c(Cl)c1. The molecular weight excluding hydrogens is 481 g/mol. The zero-order chi connectivity index (χ0) is 22.8. The van der Waals surface area contributed by atoms with Gasteiger partial charge in [0.15, 0.2) is 0 Å². The standard InChI is InChI=1S/C17H10Cl2F6N2O2S/c1-27(16(29)26-14(28)12-10(20)3-2-4-11(12)21)7-5-8(18)13(9(19)6-7)30-17(24,25)15(22)23/h2-6,15H,1H3,(H,26,28,29). The lowest BCUT2D eigenvalue weighted by Crippen LogP contribution is -2.41. The highest BCUT2D eigenvalue weighted by Gasteiger charge is 2.43. The van der Waals surface area contributed by atoms with Crippen LogP contribution in [0.3, 0.4) is 0 Å². The van der Waals surface area contributed by atoms with Gasteiger partial charge in [-0.05, 0) is 36.0 Å². The fourth-order valence-corrected chi connectivity index (χ4v) is 3.47. The number of nitrogens with zero attached hydrogens (tertiary/aromatic N) is 1. The van der Waals surface area contributed by atoms with E-state index in [-0.39, 0.29) is 5.69 Å². The summed E-state index contributed by atoms with van der Waals surface area (Å²) in [6.07, 6.45) is -3.98. The summed E-state index contributed by atoms with van der Waals surface area (Å²) in [5.41, 5.74) is -1.11. The first kappa shape index (κ1) is 24.2. The van der Waals surface area contributed by atoms with Crippen molar-refractivity contribution in [3.8, 4) is 0 Å². The Balaban J connectivity index is 2.23. The summed E-state index contributed by atoms with van der Waals surface area (Å²) < 4.78 is 78.6. The average Bonchev–Trinajstić information content (AvgIpc) is 2.63. The van der Waals surface area contributed by atoms with Crippen LogP contribution < -0.4 is 10.2 Å². The third-order valence-electron chi connectivity index (χ3n) is 3.58. The molecule has 2 aromatic carbocycles. The highest BCUT2D eigenvalue weighted by atomic mass is 35.5. The molecule has 13 heteroatoms. The van der Waals surface area contributed by atoms with Crippen molar-refractivity contribution in [1.82, 2.24) is 5.32 Å². The summed E-state index contributed by atoms with van der Waals surface area (Å²) in [4.78, 5) is 24.4. The Kier molecular flexibility index (Phi) is 7.54. The average molecular weight is 491 g/mol. The molecule has 0 heterocycles. The number of imide groups is 1. The highest BCUT2D eigenvalue weighted by Crippen LogP contribution is 2.47. The summed E-state index contributed by atoms with van der Waals surface area (Å²) in [7, 11) is 1.11. The van der Waals surface area contributed by atoms with Crippen LogP contribution >= 0.6 is 35.0 Å². The Morgan fingerprint density at radius 1 is 1.10 bits per heavy atom. The Labute approximate surface area is 180 Å². The Morgan fingerprint density at radius 2 is 1.60 bits per heavy atom. The van der Waals surface area contributed by atoms with Crippen LogP contribution in [0.4, 0.5) is 36.8 Å². The fourth-order valence-electron chi connectivity index (χ4n) is 2.09. The molecule has 0 saturated carbocycles. The van der Waals surface area contributed by atoms with Gasteiger partial charge in [-0.15, -0.1) is 0 Å². The maximum Gasteiger partial charge on any atom is 0.357 e. The van der Waals surface area contributed by atoms with Crippen LogP contribution in [0.25, 0.3) is 0 Å². The molecule has 0 fully saturated rings. The number of carbonyl (C=O) groups excluding carboxylic acids is 2. The number of urea groups is 1. The number of hydrogen-bond donors (Lipinski definition) is 1. The van der Waals surface area contributed by atoms with E-state index in [0.717, 1.165) is 42.3 Å². The number of hydrogen-bond acceptors (Lipinski definition) is 3. The second kappa shape index (κ2) is 9.36. The van der Waals surface area contributed by atoms with E-state index >= 15 is 0 Å². The van der Waals surface area contributed by atoms with Gasteiger partial charge in [0.25, 0.3) is 5.91 Å². The minimum atomic E-state index is -4.46. The lowest BCUT2D eigenvalue weighted by atomic mass is 10.2. The molecule has 0 aliphatic heterocycles. The molecule has 0 unspecified atom stereocenters. The molecule has 2 aromatic rings. The molecule has 0 atom stereocenters. The van der Waals surface area contributed by atoms with Crippen LogP contribution in [0.1, 0.15) is 10.4 Å². The first-order valence-electron chi connectivity index (χ1n) is 7.72. The van der Waals surface area contributed by atoms with Gasteiger partial charge in [-0.3, -0.25) is 15.0 Å². The van der Waals surface area contributed by atoms with Crippen molar-refractivity contribution in [2.75, 3.05) is 11.9 Å². The second-order valence-electron chi connectivity index (χ2n) is 5.62. The lowest BCUT2D eigenvalue weighted by molar-refractivity contribution is -0.0563. The molecule has 2 rings (SSSR count). The van der Waals surface area contributed by atoms with Crippen molar-refractivity contribution in [1.29, 1.82) is 0 Å². The van der Waals surface area contributed by atoms with Crippen molar-refractivity contribution >= 4 is 52.6 Å². The van der Waals surface area contributed by atoms with Crippen molar-refractivity contribution < 1.29 is 35.9 Å². The number of halogens is 8. The van der Waals surface area contributed by atoms with Gasteiger partial charge < -0.3 is 0 Å². The Bertz CT molecular complexity index is 949. The molecule has 0 bridgehead atoms. The van der Waals surface area contributed by atoms with E-state index in [1.807, 2.05) is 0 Å². The van der Waals surface area contributed by atoms with E-state index in [0.29, 0.717) is 0 Å². The van der Waals surface area contributed by atoms with E-state index in [4.69, 9.17) is 23.2 Å². The van der Waals surface area contributed by atoms with Gasteiger partial charge in [0.1, 0.15) is 17.2 Å². The normalized spacial score (nSPS) is 11.5. The topological polar surface area (TPSA) is 49.4 Å². The van der Waals surface area contributed by atoms with E-state index in [1.165, 1.54) is 0 Å². The van der Waals surface area contributed by atoms with Crippen molar-refractivity contribution in [3.63, 3.8) is 0 Å². The van der Waals surface area contributed by atoms with Gasteiger partial charge in [0.2, 0.25) is 0 Å². The summed E-state index contributed by atoms with van der Waals surface area (Å²) in [6, 6.07) is 3.43. The fraction of sp³-hybridized carbons (Fsp3) is 0.176. The number of carbonyl (C=O) groups is 2. The van der Waals surface area contributed by atoms with E-state index in [9.17, 15) is 35.9 Å². The number of benzene rings is 2. The van der Waals surface area contributed by atoms with Gasteiger partial charge in [0, 0.05) is 12.7 Å². The third-order valence-corrected chi connectivity index (χ3v) is 5.49. The molecule has 4 nitrogen and oxygen atoms in total. The smallest absolute Gasteiger partial charge is 0.297 e. The molecule has 0 aromatic heterocycles. The zero-order valence-corrected chi connectivity index (χ0v) is 17.0. The highest BCUT2D eigenvalue weighted by molar-refractivity contribution is 8.00. The van der Waals surface area contributed by atoms with Crippen LogP contribution in [0.5, 0.6) is 0 Å². The number of nitrogens with one attached hydrogen (secondary N) is 1. The zero-order valence-electron chi connectivity index (χ0n) is 14.7. The lowest BCUT2D eigenvalue weighted by Gasteiger charge is -2.21. The van der Waals surface area contributed by atoms with E-state index in [2.05, 4.69) is 0 Å². The molecule has 162 valence electrons. The number of rotatable bonds is 5. The molecule has 0 aliphatic rings. The van der Waals surface area contributed by atoms with E-state index in [1.54, 1.807) is 5.32 Å². The largest absolute Gasteiger partial charge is 0.357 e. The van der Waals surface area contributed by atoms with Crippen LogP contribution in [-0.2, 0) is 0 Å². The molecule has 0 saturated heterocycles. The summed E-state index contributed by atoms with van der Waals surface area (Å²) in [5, 5.41) is -3.65. The van der Waals surface area contributed by atoms with Gasteiger partial charge in [-0.2, -0.15) is 8.78 Å². The first-order valence-corrected chi connectivity index (χ1v) is 9.29. The number of thioether (sulfide) groups is 1. The third kappa shape index (κ3) is 5.32. The first-order chi connectivity index (χ1) is 13.8. The molecule has 30 heavy (non-hydrogen) atoms. The van der Waals surface area contributed by atoms with Crippen LogP contribution in [0.15, 0.2) is 35.2 Å². The second-order valence-corrected chi connectivity index (χ2v) is 7.59. The minimum absolute atomic E-state index is 0.117. The van der Waals surface area contributed by atoms with Crippen molar-refractivity contribution in [3.05, 3.63) is 57.6 Å². The molecule has 0 aliphatic carbocycles. The van der Waals surface area contributed by atoms with E-state index < -0.39 is 67.5 Å². The quantitative estimate of drug-likeness (QED) is 0.400. The van der Waals surface area contributed by atoms with Gasteiger partial charge in [-0.1, -0.05) is 29.3 Å². The summed E-state index contributed by atoms with van der Waals surface area (Å²) in [5.74, 6) is -3.77. The predicted octanol–water partition coefficient (Wildman–Crippen LogP) is 6.21. The van der Waals surface area contributed by atoms with Gasteiger partial charge in [-0.25, -0.2) is 22.4 Å². The molecule has 0 spiro atoms. The monoisotopic (exact) mass is 490 g/mol. The number of amides is 3. The Hall–Kier alpha value is -2.11. The maximum absolute atomic E-state index is 13.6. The minimum Gasteiger partial charge on any atom is -0.297 e. The van der Waals surface area contributed by atoms with Gasteiger partial charge >= 0.3 is 17.7 Å². The van der Waals surface area contributed by atoms with Crippen LogP contribution in [-0.4, -0.2) is 30.7 Å². The summed E-state index contributed by atoms with van der Waals surface area (Å²) >= 11 is 11.1. The summed E-state index contributed by atoms with van der Waals surface area (Å²) in [6.45, 7) is 0. The Morgan fingerprint density at radius 3 is 2.07 bits per heavy atom. The van der Waals surface area contributed by atoms with Crippen molar-refractivity contribution in [2.45, 2.75) is 16.6 Å². The van der Waals surface area contributed by atoms with Crippen molar-refractivity contribution in [2.24, 2.45) is 0 Å². The number of anilines is 1. The molecular formula is C17H10Cl2F6N2O2S.